The summed E-state index contributed by atoms with van der Waals surface area (Å²) >= 11 is 9.66. The van der Waals surface area contributed by atoms with E-state index in [1.807, 2.05) is 0 Å². The highest BCUT2D eigenvalue weighted by molar-refractivity contribution is 9.10. The monoisotopic (exact) mass is 343 g/mol. The summed E-state index contributed by atoms with van der Waals surface area (Å²) in [7, 11) is 0. The second-order valence-electron chi connectivity index (χ2n) is 4.80. The highest BCUT2D eigenvalue weighted by atomic mass is 79.9. The third kappa shape index (κ3) is 3.02. The van der Waals surface area contributed by atoms with Crippen molar-refractivity contribution >= 4 is 33.2 Å². The minimum Gasteiger partial charge on any atom is -0.396 e. The summed E-state index contributed by atoms with van der Waals surface area (Å²) in [4.78, 5) is 6.19. The van der Waals surface area contributed by atoms with Gasteiger partial charge in [-0.15, -0.1) is 0 Å². The lowest BCUT2D eigenvalue weighted by molar-refractivity contribution is 0.197. The average Bonchev–Trinajstić information content (AvgIpc) is 2.41. The molecule has 1 aliphatic rings. The fourth-order valence-corrected chi connectivity index (χ4v) is 3.47. The number of nitrogens with zero attached hydrogens (tertiary/aromatic N) is 3. The van der Waals surface area contributed by atoms with E-state index in [1.54, 1.807) is 12.4 Å². The lowest BCUT2D eigenvalue weighted by atomic mass is 9.77. The van der Waals surface area contributed by atoms with Crippen molar-refractivity contribution in [1.29, 1.82) is 5.26 Å². The zero-order valence-corrected chi connectivity index (χ0v) is 12.8. The number of aliphatic hydroxyl groups is 1. The first-order valence-electron chi connectivity index (χ1n) is 6.18. The molecular weight excluding hydrogens is 330 g/mol. The molecule has 102 valence electrons. The van der Waals surface area contributed by atoms with Crippen molar-refractivity contribution in [2.24, 2.45) is 5.41 Å². The largest absolute Gasteiger partial charge is 0.396 e. The summed E-state index contributed by atoms with van der Waals surface area (Å²) in [6, 6.07) is 2.38. The first-order chi connectivity index (χ1) is 9.12. The van der Waals surface area contributed by atoms with Gasteiger partial charge in [0.25, 0.3) is 0 Å². The quantitative estimate of drug-likeness (QED) is 0.915. The molecule has 0 amide bonds. The van der Waals surface area contributed by atoms with E-state index >= 15 is 0 Å². The van der Waals surface area contributed by atoms with E-state index in [1.165, 1.54) is 0 Å². The van der Waals surface area contributed by atoms with E-state index < -0.39 is 5.41 Å². The van der Waals surface area contributed by atoms with E-state index in [0.29, 0.717) is 11.4 Å². The van der Waals surface area contributed by atoms with E-state index in [2.05, 4.69) is 31.9 Å². The van der Waals surface area contributed by atoms with Crippen molar-refractivity contribution in [3.8, 4) is 6.07 Å². The average molecular weight is 345 g/mol. The summed E-state index contributed by atoms with van der Waals surface area (Å²) in [6.45, 7) is 1.58. The van der Waals surface area contributed by atoms with Gasteiger partial charge in [-0.25, -0.2) is 0 Å². The van der Waals surface area contributed by atoms with Gasteiger partial charge in [0.2, 0.25) is 0 Å². The van der Waals surface area contributed by atoms with Gasteiger partial charge in [-0.1, -0.05) is 11.6 Å². The highest BCUT2D eigenvalue weighted by Crippen LogP contribution is 2.39. The molecule has 0 aromatic carbocycles. The Hall–Kier alpha value is -0.830. The molecule has 2 heterocycles. The number of aromatic nitrogens is 1. The maximum absolute atomic E-state index is 9.31. The second-order valence-corrected chi connectivity index (χ2v) is 6.07. The topological polar surface area (TPSA) is 60.1 Å². The molecule has 0 bridgehead atoms. The normalized spacial score (nSPS) is 18.1. The van der Waals surface area contributed by atoms with Crippen LogP contribution in [0, 0.1) is 16.7 Å². The molecular formula is C13H15BrClN3O. The molecule has 0 saturated carbocycles. The smallest absolute Gasteiger partial charge is 0.0834 e. The highest BCUT2D eigenvalue weighted by Gasteiger charge is 2.35. The Kier molecular flexibility index (Phi) is 4.67. The van der Waals surface area contributed by atoms with Crippen LogP contribution in [0.4, 0.5) is 5.69 Å². The predicted octanol–water partition coefficient (Wildman–Crippen LogP) is 2.99. The molecule has 2 rings (SSSR count). The van der Waals surface area contributed by atoms with Gasteiger partial charge in [0, 0.05) is 32.1 Å². The molecule has 0 unspecified atom stereocenters. The molecule has 6 heteroatoms. The molecule has 0 aliphatic carbocycles. The summed E-state index contributed by atoms with van der Waals surface area (Å²) in [6.07, 6.45) is 5.38. The molecule has 1 aliphatic heterocycles. The molecule has 4 nitrogen and oxygen atoms in total. The molecule has 1 N–H and O–H groups in total. The molecule has 0 radical (unpaired) electrons. The summed E-state index contributed by atoms with van der Waals surface area (Å²) < 4.78 is 0.867. The molecule has 0 atom stereocenters. The zero-order chi connectivity index (χ0) is 13.9. The van der Waals surface area contributed by atoms with E-state index in [4.69, 9.17) is 16.7 Å². The number of hydrogen-bond donors (Lipinski definition) is 1. The minimum atomic E-state index is -0.392. The third-order valence-corrected chi connectivity index (χ3v) is 4.55. The summed E-state index contributed by atoms with van der Waals surface area (Å²) in [5, 5.41) is 19.0. The van der Waals surface area contributed by atoms with Crippen LogP contribution in [0.25, 0.3) is 0 Å². The lowest BCUT2D eigenvalue weighted by Crippen LogP contribution is -2.40. The van der Waals surface area contributed by atoms with Crippen LogP contribution in [0.3, 0.4) is 0 Å². The molecule has 1 saturated heterocycles. The van der Waals surface area contributed by atoms with Crippen LogP contribution in [-0.4, -0.2) is 29.8 Å². The van der Waals surface area contributed by atoms with E-state index in [-0.39, 0.29) is 6.61 Å². The van der Waals surface area contributed by atoms with Gasteiger partial charge >= 0.3 is 0 Å². The van der Waals surface area contributed by atoms with Crippen LogP contribution in [0.5, 0.6) is 0 Å². The van der Waals surface area contributed by atoms with Crippen molar-refractivity contribution in [3.63, 3.8) is 0 Å². The maximum atomic E-state index is 9.31. The van der Waals surface area contributed by atoms with Crippen molar-refractivity contribution in [1.82, 2.24) is 4.98 Å². The first kappa shape index (κ1) is 14.6. The second kappa shape index (κ2) is 6.08. The summed E-state index contributed by atoms with van der Waals surface area (Å²) in [5.74, 6) is 0. The number of anilines is 1. The molecule has 1 aromatic rings. The van der Waals surface area contributed by atoms with E-state index in [9.17, 15) is 5.26 Å². The number of halogens is 2. The Labute approximate surface area is 126 Å². The van der Waals surface area contributed by atoms with Crippen molar-refractivity contribution < 1.29 is 5.11 Å². The van der Waals surface area contributed by atoms with Crippen LogP contribution in [0.15, 0.2) is 16.9 Å². The van der Waals surface area contributed by atoms with Crippen LogP contribution in [0.1, 0.15) is 19.3 Å². The van der Waals surface area contributed by atoms with Crippen LogP contribution in [-0.2, 0) is 0 Å². The fraction of sp³-hybridized carbons (Fsp3) is 0.538. The molecule has 1 fully saturated rings. The molecule has 19 heavy (non-hydrogen) atoms. The van der Waals surface area contributed by atoms with Gasteiger partial charge < -0.3 is 10.0 Å². The Morgan fingerprint density at radius 2 is 2.16 bits per heavy atom. The van der Waals surface area contributed by atoms with Gasteiger partial charge in [-0.2, -0.15) is 5.26 Å². The van der Waals surface area contributed by atoms with Gasteiger partial charge in [0.05, 0.1) is 26.7 Å². The number of pyridine rings is 1. The Morgan fingerprint density at radius 1 is 1.47 bits per heavy atom. The number of rotatable bonds is 3. The number of aliphatic hydroxyl groups excluding tert-OH is 1. The fourth-order valence-electron chi connectivity index (χ4n) is 2.50. The lowest BCUT2D eigenvalue weighted by Gasteiger charge is -2.38. The van der Waals surface area contributed by atoms with Crippen molar-refractivity contribution in [3.05, 3.63) is 21.9 Å². The molecule has 0 spiro atoms. The van der Waals surface area contributed by atoms with Crippen molar-refractivity contribution in [2.75, 3.05) is 24.6 Å². The van der Waals surface area contributed by atoms with Gasteiger partial charge in [0.15, 0.2) is 0 Å². The predicted molar refractivity (Wildman–Crippen MR) is 78.1 cm³/mol. The Balaban J connectivity index is 2.14. The maximum Gasteiger partial charge on any atom is 0.0834 e. The minimum absolute atomic E-state index is 0.0628. The number of piperidine rings is 1. The zero-order valence-electron chi connectivity index (χ0n) is 10.4. The standard InChI is InChI=1S/C13H15BrClN3O/c14-10-7-17-8-11(15)12(10)18-4-1-13(9-16,2-5-18)3-6-19/h7-8,19H,1-6H2. The Bertz CT molecular complexity index is 475. The number of hydrogen-bond acceptors (Lipinski definition) is 4. The van der Waals surface area contributed by atoms with Gasteiger partial charge in [-0.05, 0) is 35.2 Å². The molecule has 1 aromatic heterocycles. The Morgan fingerprint density at radius 3 is 2.68 bits per heavy atom. The van der Waals surface area contributed by atoms with E-state index in [0.717, 1.165) is 36.1 Å². The van der Waals surface area contributed by atoms with Crippen molar-refractivity contribution in [2.45, 2.75) is 19.3 Å². The number of nitriles is 1. The van der Waals surface area contributed by atoms with Crippen LogP contribution in [0.2, 0.25) is 5.02 Å². The first-order valence-corrected chi connectivity index (χ1v) is 7.35. The van der Waals surface area contributed by atoms with Gasteiger partial charge in [-0.3, -0.25) is 4.98 Å². The third-order valence-electron chi connectivity index (χ3n) is 3.69. The van der Waals surface area contributed by atoms with Gasteiger partial charge in [0.1, 0.15) is 0 Å². The summed E-state index contributed by atoms with van der Waals surface area (Å²) in [5.41, 5.74) is 0.546. The van der Waals surface area contributed by atoms with Crippen LogP contribution >= 0.6 is 27.5 Å². The van der Waals surface area contributed by atoms with Crippen LogP contribution < -0.4 is 4.90 Å². The SMILES string of the molecule is N#CC1(CCO)CCN(c2c(Cl)cncc2Br)CC1.